The second-order valence-corrected chi connectivity index (χ2v) is 5.44. The molecule has 24 heavy (non-hydrogen) atoms. The smallest absolute Gasteiger partial charge is 0.407 e. The van der Waals surface area contributed by atoms with Gasteiger partial charge in [0.15, 0.2) is 11.6 Å². The van der Waals surface area contributed by atoms with Gasteiger partial charge in [0, 0.05) is 17.1 Å². The maximum atomic E-state index is 13.3. The summed E-state index contributed by atoms with van der Waals surface area (Å²) in [7, 11) is 0. The topological polar surface area (TPSA) is 58.6 Å². The van der Waals surface area contributed by atoms with Crippen molar-refractivity contribution in [2.45, 2.75) is 13.0 Å². The molecule has 0 radical (unpaired) electrons. The van der Waals surface area contributed by atoms with Crippen LogP contribution in [0.3, 0.4) is 0 Å². The number of hydrogen-bond donors (Lipinski definition) is 2. The van der Waals surface area contributed by atoms with Gasteiger partial charge in [-0.05, 0) is 24.1 Å². The molecule has 4 nitrogen and oxygen atoms in total. The Morgan fingerprint density at radius 1 is 1.29 bits per heavy atom. The summed E-state index contributed by atoms with van der Waals surface area (Å²) in [5.41, 5.74) is 1.19. The van der Waals surface area contributed by atoms with Gasteiger partial charge in [0.05, 0.1) is 0 Å². The Labute approximate surface area is 144 Å². The lowest BCUT2D eigenvalue weighted by atomic mass is 10.1. The molecule has 0 aromatic heterocycles. The highest BCUT2D eigenvalue weighted by molar-refractivity contribution is 6.30. The molecule has 2 aromatic rings. The van der Waals surface area contributed by atoms with Crippen LogP contribution in [0.2, 0.25) is 5.02 Å². The molecule has 0 atom stereocenters. The Balaban J connectivity index is 1.72. The van der Waals surface area contributed by atoms with Crippen LogP contribution in [-0.4, -0.2) is 17.7 Å². The summed E-state index contributed by atoms with van der Waals surface area (Å²) >= 11 is 5.73. The number of amides is 1. The zero-order valence-electron chi connectivity index (χ0n) is 12.8. The van der Waals surface area contributed by atoms with Crippen molar-refractivity contribution in [3.8, 4) is 5.75 Å². The molecular weight excluding hydrogens is 333 g/mol. The fraction of sp³-hybridized carbons (Fsp3) is 0.167. The van der Waals surface area contributed by atoms with Crippen LogP contribution in [-0.2, 0) is 11.3 Å². The molecule has 0 aliphatic heterocycles. The van der Waals surface area contributed by atoms with E-state index in [1.54, 1.807) is 12.2 Å². The highest BCUT2D eigenvalue weighted by Crippen LogP contribution is 2.26. The molecule has 0 aliphatic carbocycles. The molecule has 0 heterocycles. The van der Waals surface area contributed by atoms with Gasteiger partial charge in [0.2, 0.25) is 0 Å². The molecule has 6 heteroatoms. The molecule has 0 fully saturated rings. The zero-order valence-corrected chi connectivity index (χ0v) is 13.6. The van der Waals surface area contributed by atoms with Crippen LogP contribution < -0.4 is 5.32 Å². The first kappa shape index (κ1) is 17.8. The molecule has 2 N–H and O–H groups in total. The van der Waals surface area contributed by atoms with Gasteiger partial charge < -0.3 is 15.2 Å². The summed E-state index contributed by atoms with van der Waals surface area (Å²) in [5.74, 6) is -1.23. The van der Waals surface area contributed by atoms with Crippen LogP contribution in [0, 0.1) is 5.82 Å². The molecule has 126 valence electrons. The maximum Gasteiger partial charge on any atom is 0.407 e. The van der Waals surface area contributed by atoms with Crippen LogP contribution in [0.25, 0.3) is 6.08 Å². The quantitative estimate of drug-likeness (QED) is 0.754. The normalized spacial score (nSPS) is 10.8. The van der Waals surface area contributed by atoms with E-state index in [1.165, 1.54) is 6.07 Å². The minimum absolute atomic E-state index is 0.201. The molecule has 0 unspecified atom stereocenters. The third-order valence-corrected chi connectivity index (χ3v) is 3.37. The lowest BCUT2D eigenvalue weighted by Crippen LogP contribution is -2.24. The third-order valence-electron chi connectivity index (χ3n) is 3.15. The standard InChI is InChI=1S/C18H17ClFNO3/c19-15-10-14(17(22)16(20)11-15)8-4-5-9-21-18(23)24-12-13-6-2-1-3-7-13/h1-4,6-8,10-11,22H,5,9,12H2,(H,21,23). The van der Waals surface area contributed by atoms with E-state index in [1.807, 2.05) is 30.3 Å². The number of ether oxygens (including phenoxy) is 1. The van der Waals surface area contributed by atoms with Gasteiger partial charge in [-0.3, -0.25) is 0 Å². The minimum Gasteiger partial charge on any atom is -0.504 e. The molecule has 2 aromatic carbocycles. The molecular formula is C18H17ClFNO3. The van der Waals surface area contributed by atoms with Crippen molar-refractivity contribution in [1.82, 2.24) is 5.32 Å². The van der Waals surface area contributed by atoms with E-state index in [0.717, 1.165) is 11.6 Å². The van der Waals surface area contributed by atoms with Crippen molar-refractivity contribution in [3.05, 3.63) is 70.5 Å². The Bertz CT molecular complexity index is 720. The number of carbonyl (C=O) groups is 1. The Hall–Kier alpha value is -2.53. The molecule has 0 spiro atoms. The number of aromatic hydroxyl groups is 1. The highest BCUT2D eigenvalue weighted by atomic mass is 35.5. The largest absolute Gasteiger partial charge is 0.504 e. The highest BCUT2D eigenvalue weighted by Gasteiger charge is 2.06. The summed E-state index contributed by atoms with van der Waals surface area (Å²) in [6.07, 6.45) is 3.22. The van der Waals surface area contributed by atoms with E-state index in [4.69, 9.17) is 16.3 Å². The van der Waals surface area contributed by atoms with Crippen LogP contribution in [0.5, 0.6) is 5.75 Å². The second kappa shape index (κ2) is 8.93. The summed E-state index contributed by atoms with van der Waals surface area (Å²) < 4.78 is 18.4. The average Bonchev–Trinajstić information content (AvgIpc) is 2.57. The third kappa shape index (κ3) is 5.59. The zero-order chi connectivity index (χ0) is 17.4. The SMILES string of the molecule is O=C(NCCC=Cc1cc(Cl)cc(F)c1O)OCc1ccccc1. The first-order chi connectivity index (χ1) is 11.6. The van der Waals surface area contributed by atoms with E-state index in [9.17, 15) is 14.3 Å². The number of phenols is 1. The maximum absolute atomic E-state index is 13.3. The van der Waals surface area contributed by atoms with Gasteiger partial charge in [0.1, 0.15) is 6.61 Å². The number of halogens is 2. The van der Waals surface area contributed by atoms with Gasteiger partial charge in [-0.15, -0.1) is 0 Å². The monoisotopic (exact) mass is 349 g/mol. The lowest BCUT2D eigenvalue weighted by molar-refractivity contribution is 0.140. The molecule has 0 aliphatic rings. The van der Waals surface area contributed by atoms with Gasteiger partial charge in [-0.2, -0.15) is 0 Å². The second-order valence-electron chi connectivity index (χ2n) is 5.00. The Kier molecular flexibility index (Phi) is 6.63. The number of rotatable bonds is 6. The van der Waals surface area contributed by atoms with Crippen LogP contribution in [0.15, 0.2) is 48.5 Å². The number of hydrogen-bond acceptors (Lipinski definition) is 3. The summed E-state index contributed by atoms with van der Waals surface area (Å²) in [6, 6.07) is 11.9. The summed E-state index contributed by atoms with van der Waals surface area (Å²) in [4.78, 5) is 11.5. The molecule has 1 amide bonds. The predicted octanol–water partition coefficient (Wildman–Crippen LogP) is 4.51. The van der Waals surface area contributed by atoms with Crippen molar-refractivity contribution >= 4 is 23.8 Å². The van der Waals surface area contributed by atoms with E-state index in [0.29, 0.717) is 13.0 Å². The Morgan fingerprint density at radius 3 is 2.79 bits per heavy atom. The molecule has 0 bridgehead atoms. The first-order valence-corrected chi connectivity index (χ1v) is 7.73. The van der Waals surface area contributed by atoms with Crippen LogP contribution >= 0.6 is 11.6 Å². The van der Waals surface area contributed by atoms with E-state index in [-0.39, 0.29) is 17.2 Å². The number of carbonyl (C=O) groups excluding carboxylic acids is 1. The lowest BCUT2D eigenvalue weighted by Gasteiger charge is -2.06. The van der Waals surface area contributed by atoms with Crippen molar-refractivity contribution in [2.24, 2.45) is 0 Å². The van der Waals surface area contributed by atoms with E-state index in [2.05, 4.69) is 5.32 Å². The Morgan fingerprint density at radius 2 is 2.04 bits per heavy atom. The number of alkyl carbamates (subject to hydrolysis) is 1. The molecule has 0 saturated heterocycles. The molecule has 2 rings (SSSR count). The van der Waals surface area contributed by atoms with E-state index >= 15 is 0 Å². The number of benzene rings is 2. The van der Waals surface area contributed by atoms with Gasteiger partial charge in [-0.1, -0.05) is 54.1 Å². The van der Waals surface area contributed by atoms with Crippen LogP contribution in [0.1, 0.15) is 17.5 Å². The number of nitrogens with one attached hydrogen (secondary N) is 1. The summed E-state index contributed by atoms with van der Waals surface area (Å²) in [5, 5.41) is 12.4. The fourth-order valence-electron chi connectivity index (χ4n) is 1.95. The van der Waals surface area contributed by atoms with Gasteiger partial charge >= 0.3 is 6.09 Å². The van der Waals surface area contributed by atoms with Crippen molar-refractivity contribution in [1.29, 1.82) is 0 Å². The van der Waals surface area contributed by atoms with E-state index < -0.39 is 17.7 Å². The molecule has 0 saturated carbocycles. The average molecular weight is 350 g/mol. The first-order valence-electron chi connectivity index (χ1n) is 7.35. The predicted molar refractivity (Wildman–Crippen MR) is 91.4 cm³/mol. The van der Waals surface area contributed by atoms with Gasteiger partial charge in [0.25, 0.3) is 0 Å². The summed E-state index contributed by atoms with van der Waals surface area (Å²) in [6.45, 7) is 0.562. The minimum atomic E-state index is -0.773. The van der Waals surface area contributed by atoms with Crippen molar-refractivity contribution < 1.29 is 19.0 Å². The van der Waals surface area contributed by atoms with Crippen LogP contribution in [0.4, 0.5) is 9.18 Å². The van der Waals surface area contributed by atoms with Gasteiger partial charge in [-0.25, -0.2) is 9.18 Å². The van der Waals surface area contributed by atoms with Crippen molar-refractivity contribution in [2.75, 3.05) is 6.54 Å². The number of phenolic OH excluding ortho intramolecular Hbond substituents is 1. The van der Waals surface area contributed by atoms with Crippen molar-refractivity contribution in [3.63, 3.8) is 0 Å². The fourth-order valence-corrected chi connectivity index (χ4v) is 2.17.